The van der Waals surface area contributed by atoms with Crippen molar-refractivity contribution >= 4 is 21.9 Å². The highest BCUT2D eigenvalue weighted by Crippen LogP contribution is 2.16. The van der Waals surface area contributed by atoms with E-state index in [4.69, 9.17) is 4.74 Å². The first-order valence-corrected chi connectivity index (χ1v) is 7.12. The van der Waals surface area contributed by atoms with Crippen LogP contribution in [0.5, 0.6) is 0 Å². The molecule has 1 unspecified atom stereocenters. The number of hydrogen-bond acceptors (Lipinski definition) is 4. The van der Waals surface area contributed by atoms with Crippen molar-refractivity contribution in [2.45, 2.75) is 19.1 Å². The maximum atomic E-state index is 11.3. The van der Waals surface area contributed by atoms with Gasteiger partial charge < -0.3 is 9.47 Å². The predicted molar refractivity (Wildman–Crippen MR) is 75.8 cm³/mol. The van der Waals surface area contributed by atoms with E-state index in [9.17, 15) is 4.79 Å². The summed E-state index contributed by atoms with van der Waals surface area (Å²) in [6.45, 7) is 3.20. The van der Waals surface area contributed by atoms with Crippen LogP contribution in [-0.4, -0.2) is 43.8 Å². The van der Waals surface area contributed by atoms with Crippen molar-refractivity contribution in [3.05, 3.63) is 34.3 Å². The molecule has 1 aromatic carbocycles. The molecule has 0 aromatic heterocycles. The summed E-state index contributed by atoms with van der Waals surface area (Å²) < 4.78 is 11.4. The zero-order valence-corrected chi connectivity index (χ0v) is 12.6. The van der Waals surface area contributed by atoms with E-state index in [1.54, 1.807) is 0 Å². The normalized spacial score (nSPS) is 20.2. The fraction of sp³-hybridized carbons (Fsp3) is 0.500. The van der Waals surface area contributed by atoms with Gasteiger partial charge in [0.2, 0.25) is 0 Å². The number of morpholine rings is 1. The maximum Gasteiger partial charge on any atom is 0.308 e. The molecule has 104 valence electrons. The highest BCUT2D eigenvalue weighted by Gasteiger charge is 2.23. The van der Waals surface area contributed by atoms with Gasteiger partial charge in [-0.2, -0.15) is 0 Å². The van der Waals surface area contributed by atoms with Crippen molar-refractivity contribution in [3.63, 3.8) is 0 Å². The minimum Gasteiger partial charge on any atom is -0.469 e. The minimum atomic E-state index is -0.214. The van der Waals surface area contributed by atoms with Crippen LogP contribution in [0, 0.1) is 0 Å². The van der Waals surface area contributed by atoms with Crippen LogP contribution in [-0.2, 0) is 20.8 Å². The number of rotatable bonds is 4. The molecule has 0 saturated carbocycles. The third-order valence-corrected chi connectivity index (χ3v) is 3.63. The standard InChI is InChI=1S/C14H18BrNO3/c1-18-14(17)8-13-10-16(5-6-19-13)9-11-3-2-4-12(15)7-11/h2-4,7,13H,5-6,8-10H2,1H3. The molecule has 0 spiro atoms. The van der Waals surface area contributed by atoms with Crippen LogP contribution < -0.4 is 0 Å². The first-order chi connectivity index (χ1) is 9.17. The molecule has 0 aliphatic carbocycles. The van der Waals surface area contributed by atoms with E-state index in [1.807, 2.05) is 12.1 Å². The van der Waals surface area contributed by atoms with Gasteiger partial charge in [0.15, 0.2) is 0 Å². The lowest BCUT2D eigenvalue weighted by Gasteiger charge is -2.32. The molecule has 0 N–H and O–H groups in total. The maximum absolute atomic E-state index is 11.3. The first kappa shape index (κ1) is 14.5. The Morgan fingerprint density at radius 1 is 1.58 bits per heavy atom. The number of nitrogens with zero attached hydrogens (tertiary/aromatic N) is 1. The van der Waals surface area contributed by atoms with Crippen molar-refractivity contribution in [2.75, 3.05) is 26.8 Å². The number of methoxy groups -OCH3 is 1. The third kappa shape index (κ3) is 4.60. The van der Waals surface area contributed by atoms with Gasteiger partial charge in [-0.3, -0.25) is 9.69 Å². The molecular formula is C14H18BrNO3. The van der Waals surface area contributed by atoms with Crippen LogP contribution in [0.2, 0.25) is 0 Å². The molecule has 4 nitrogen and oxygen atoms in total. The predicted octanol–water partition coefficient (Wildman–Crippen LogP) is 2.21. The summed E-state index contributed by atoms with van der Waals surface area (Å²) >= 11 is 3.48. The highest BCUT2D eigenvalue weighted by molar-refractivity contribution is 9.10. The zero-order valence-electron chi connectivity index (χ0n) is 11.0. The molecule has 5 heteroatoms. The fourth-order valence-corrected chi connectivity index (χ4v) is 2.66. The van der Waals surface area contributed by atoms with Crippen LogP contribution in [0.15, 0.2) is 28.7 Å². The van der Waals surface area contributed by atoms with E-state index >= 15 is 0 Å². The van der Waals surface area contributed by atoms with Crippen LogP contribution >= 0.6 is 15.9 Å². The summed E-state index contributed by atoms with van der Waals surface area (Å²) in [5, 5.41) is 0. The molecule has 19 heavy (non-hydrogen) atoms. The second-order valence-corrected chi connectivity index (χ2v) is 5.55. The summed E-state index contributed by atoms with van der Waals surface area (Å²) in [6.07, 6.45) is 0.263. The van der Waals surface area contributed by atoms with Crippen molar-refractivity contribution < 1.29 is 14.3 Å². The van der Waals surface area contributed by atoms with Gasteiger partial charge in [0.05, 0.1) is 26.2 Å². The topological polar surface area (TPSA) is 38.8 Å². The van der Waals surface area contributed by atoms with E-state index in [0.29, 0.717) is 13.0 Å². The molecule has 1 heterocycles. The summed E-state index contributed by atoms with van der Waals surface area (Å²) in [7, 11) is 1.41. The van der Waals surface area contributed by atoms with Gasteiger partial charge in [-0.15, -0.1) is 0 Å². The Hall–Kier alpha value is -0.910. The molecule has 1 aliphatic heterocycles. The summed E-state index contributed by atoms with van der Waals surface area (Å²) in [6, 6.07) is 8.27. The molecule has 0 radical (unpaired) electrons. The number of hydrogen-bond donors (Lipinski definition) is 0. The number of halogens is 1. The van der Waals surface area contributed by atoms with Crippen molar-refractivity contribution in [2.24, 2.45) is 0 Å². The number of carbonyl (C=O) groups is 1. The van der Waals surface area contributed by atoms with Gasteiger partial charge in [0.1, 0.15) is 0 Å². The Morgan fingerprint density at radius 3 is 3.16 bits per heavy atom. The molecule has 1 fully saturated rings. The number of benzene rings is 1. The van der Waals surface area contributed by atoms with Crippen molar-refractivity contribution in [3.8, 4) is 0 Å². The minimum absolute atomic E-state index is 0.0617. The number of esters is 1. The highest BCUT2D eigenvalue weighted by atomic mass is 79.9. The lowest BCUT2D eigenvalue weighted by atomic mass is 10.1. The van der Waals surface area contributed by atoms with Crippen LogP contribution in [0.4, 0.5) is 0 Å². The van der Waals surface area contributed by atoms with E-state index < -0.39 is 0 Å². The van der Waals surface area contributed by atoms with E-state index in [0.717, 1.165) is 24.1 Å². The Kier molecular flexibility index (Phi) is 5.36. The van der Waals surface area contributed by atoms with Gasteiger partial charge in [0.25, 0.3) is 0 Å². The van der Waals surface area contributed by atoms with Gasteiger partial charge in [-0.25, -0.2) is 0 Å². The molecule has 1 aromatic rings. The van der Waals surface area contributed by atoms with Crippen molar-refractivity contribution in [1.82, 2.24) is 4.90 Å². The van der Waals surface area contributed by atoms with Gasteiger partial charge >= 0.3 is 5.97 Å². The Labute approximate surface area is 121 Å². The van der Waals surface area contributed by atoms with Gasteiger partial charge in [-0.05, 0) is 17.7 Å². The zero-order chi connectivity index (χ0) is 13.7. The second kappa shape index (κ2) is 7.03. The lowest BCUT2D eigenvalue weighted by Crippen LogP contribution is -2.42. The Morgan fingerprint density at radius 2 is 2.42 bits per heavy atom. The van der Waals surface area contributed by atoms with Crippen LogP contribution in [0.3, 0.4) is 0 Å². The quantitative estimate of drug-likeness (QED) is 0.795. The molecule has 1 atom stereocenters. The third-order valence-electron chi connectivity index (χ3n) is 3.14. The average Bonchev–Trinajstić information content (AvgIpc) is 2.39. The molecular weight excluding hydrogens is 310 g/mol. The number of carbonyl (C=O) groups excluding carboxylic acids is 1. The van der Waals surface area contributed by atoms with E-state index in [2.05, 4.69) is 37.7 Å². The molecule has 1 saturated heterocycles. The second-order valence-electron chi connectivity index (χ2n) is 4.64. The van der Waals surface area contributed by atoms with Crippen molar-refractivity contribution in [1.29, 1.82) is 0 Å². The first-order valence-electron chi connectivity index (χ1n) is 6.32. The largest absolute Gasteiger partial charge is 0.469 e. The molecule has 2 rings (SSSR count). The lowest BCUT2D eigenvalue weighted by molar-refractivity contribution is -0.145. The summed E-state index contributed by atoms with van der Waals surface area (Å²) in [4.78, 5) is 13.6. The Bertz CT molecular complexity index is 438. The summed E-state index contributed by atoms with van der Waals surface area (Å²) in [5.41, 5.74) is 1.26. The molecule has 1 aliphatic rings. The fourth-order valence-electron chi connectivity index (χ4n) is 2.21. The van der Waals surface area contributed by atoms with Crippen LogP contribution in [0.1, 0.15) is 12.0 Å². The van der Waals surface area contributed by atoms with Crippen LogP contribution in [0.25, 0.3) is 0 Å². The van der Waals surface area contributed by atoms with Gasteiger partial charge in [-0.1, -0.05) is 28.1 Å². The monoisotopic (exact) mass is 327 g/mol. The number of ether oxygens (including phenoxy) is 2. The smallest absolute Gasteiger partial charge is 0.308 e. The van der Waals surface area contributed by atoms with E-state index in [1.165, 1.54) is 12.7 Å². The van der Waals surface area contributed by atoms with E-state index in [-0.39, 0.29) is 12.1 Å². The SMILES string of the molecule is COC(=O)CC1CN(Cc2cccc(Br)c2)CCO1. The average molecular weight is 328 g/mol. The molecule has 0 amide bonds. The van der Waals surface area contributed by atoms with Gasteiger partial charge in [0, 0.05) is 24.1 Å². The molecule has 0 bridgehead atoms. The Balaban J connectivity index is 1.89. The summed E-state index contributed by atoms with van der Waals surface area (Å²) in [5.74, 6) is -0.214.